The van der Waals surface area contributed by atoms with Crippen molar-refractivity contribution < 1.29 is 48.4 Å². The molecule has 1 amide bonds. The lowest BCUT2D eigenvalue weighted by Crippen LogP contribution is -2.46. The minimum absolute atomic E-state index is 0.0728. The zero-order chi connectivity index (χ0) is 30.8. The first-order chi connectivity index (χ1) is 19.4. The molecule has 2 heterocycles. The van der Waals surface area contributed by atoms with Crippen LogP contribution in [0.5, 0.6) is 0 Å². The van der Waals surface area contributed by atoms with Crippen molar-refractivity contribution in [2.45, 2.75) is 17.6 Å². The molecular formula is C26H18F5N3O6S2. The summed E-state index contributed by atoms with van der Waals surface area (Å²) in [5, 5.41) is 3.28. The molecule has 0 radical (unpaired) electrons. The van der Waals surface area contributed by atoms with Crippen molar-refractivity contribution in [3.8, 4) is 0 Å². The predicted molar refractivity (Wildman–Crippen MR) is 141 cm³/mol. The molecule has 3 aromatic carbocycles. The van der Waals surface area contributed by atoms with Crippen molar-refractivity contribution in [3.63, 3.8) is 0 Å². The van der Waals surface area contributed by atoms with Gasteiger partial charge in [-0.1, -0.05) is 6.07 Å². The number of alkyl halides is 3. The molecule has 0 aromatic heterocycles. The zero-order valence-corrected chi connectivity index (χ0v) is 22.8. The van der Waals surface area contributed by atoms with Crippen LogP contribution in [0.4, 0.5) is 39.0 Å². The van der Waals surface area contributed by atoms with Crippen LogP contribution in [-0.4, -0.2) is 34.8 Å². The van der Waals surface area contributed by atoms with E-state index in [1.807, 2.05) is 0 Å². The molecule has 9 nitrogen and oxygen atoms in total. The average molecular weight is 628 g/mol. The number of hydrogen-bond acceptors (Lipinski definition) is 7. The van der Waals surface area contributed by atoms with E-state index in [1.165, 1.54) is 12.1 Å². The van der Waals surface area contributed by atoms with E-state index in [-0.39, 0.29) is 33.1 Å². The normalized spacial score (nSPS) is 18.1. The van der Waals surface area contributed by atoms with Gasteiger partial charge in [0.2, 0.25) is 25.8 Å². The van der Waals surface area contributed by atoms with Crippen LogP contribution in [0.3, 0.4) is 0 Å². The van der Waals surface area contributed by atoms with Crippen LogP contribution in [0.1, 0.15) is 21.5 Å². The van der Waals surface area contributed by atoms with Gasteiger partial charge in [-0.25, -0.2) is 25.6 Å². The molecule has 0 aliphatic carbocycles. The third kappa shape index (κ3) is 5.46. The molecule has 220 valence electrons. The highest BCUT2D eigenvalue weighted by Gasteiger charge is 2.44. The van der Waals surface area contributed by atoms with Gasteiger partial charge in [0.05, 0.1) is 40.0 Å². The van der Waals surface area contributed by atoms with Crippen LogP contribution in [-0.2, 0) is 37.4 Å². The second-order valence-corrected chi connectivity index (χ2v) is 13.0. The lowest BCUT2D eigenvalue weighted by Gasteiger charge is -2.35. The number of fused-ring (bicyclic) bond motifs is 2. The fourth-order valence-corrected chi connectivity index (χ4v) is 6.61. The molecule has 0 bridgehead atoms. The molecule has 2 aliphatic heterocycles. The number of carbonyl (C=O) groups excluding carboxylic acids is 2. The monoisotopic (exact) mass is 627 g/mol. The molecule has 2 N–H and O–H groups in total. The maximum absolute atomic E-state index is 14.2. The summed E-state index contributed by atoms with van der Waals surface area (Å²) >= 11 is 0. The van der Waals surface area contributed by atoms with Crippen molar-refractivity contribution in [3.05, 3.63) is 94.0 Å². The molecule has 0 spiro atoms. The number of anilines is 3. The summed E-state index contributed by atoms with van der Waals surface area (Å²) < 4.78 is 120. The first kappa shape index (κ1) is 29.2. The minimum Gasteiger partial charge on any atom is -0.356 e. The standard InChI is InChI=1S/C26H18F5N3O6S2/c1-41(37,38)33-15-4-6-19-22(10-15)42(39,40)12-20(32-19)23-24(35)16-9-14(27)3-7-21(16)34(25(23)36)11-13-2-5-18(28)17(8-13)26(29,30)31/h2-10,12,23,32-33H,11H2,1H3. The summed E-state index contributed by atoms with van der Waals surface area (Å²) in [6, 6.07) is 8.36. The predicted octanol–water partition coefficient (Wildman–Crippen LogP) is 4.44. The van der Waals surface area contributed by atoms with E-state index in [0.29, 0.717) is 17.5 Å². The molecule has 0 fully saturated rings. The van der Waals surface area contributed by atoms with Gasteiger partial charge in [-0.2, -0.15) is 13.2 Å². The summed E-state index contributed by atoms with van der Waals surface area (Å²) in [6.45, 7) is -0.595. The van der Waals surface area contributed by atoms with Gasteiger partial charge in [-0.3, -0.25) is 14.3 Å². The number of benzene rings is 3. The summed E-state index contributed by atoms with van der Waals surface area (Å²) in [6.07, 6.45) is -4.18. The van der Waals surface area contributed by atoms with Gasteiger partial charge in [-0.15, -0.1) is 0 Å². The minimum atomic E-state index is -5.04. The largest absolute Gasteiger partial charge is 0.419 e. The SMILES string of the molecule is CS(=O)(=O)Nc1ccc2c(c1)S(=O)(=O)C=C(C1C(=O)c3cc(F)ccc3N(Cc3ccc(F)c(C(F)(F)F)c3)C1=O)N2. The first-order valence-electron chi connectivity index (χ1n) is 11.8. The highest BCUT2D eigenvalue weighted by atomic mass is 32.2. The van der Waals surface area contributed by atoms with Crippen LogP contribution in [0.25, 0.3) is 0 Å². The molecule has 0 saturated heterocycles. The maximum atomic E-state index is 14.2. The van der Waals surface area contributed by atoms with E-state index in [1.54, 1.807) is 0 Å². The maximum Gasteiger partial charge on any atom is 0.419 e. The third-order valence-electron chi connectivity index (χ3n) is 6.43. The smallest absolute Gasteiger partial charge is 0.356 e. The Bertz CT molecular complexity index is 1920. The molecule has 1 atom stereocenters. The highest BCUT2D eigenvalue weighted by Crippen LogP contribution is 2.40. The molecule has 2 aliphatic rings. The topological polar surface area (TPSA) is 130 Å². The molecule has 1 unspecified atom stereocenters. The number of carbonyl (C=O) groups is 2. The zero-order valence-electron chi connectivity index (χ0n) is 21.2. The van der Waals surface area contributed by atoms with Crippen LogP contribution in [0.15, 0.2) is 70.6 Å². The number of Topliss-reactive ketones (excluding diaryl/α,β-unsaturated/α-hetero) is 1. The summed E-state index contributed by atoms with van der Waals surface area (Å²) in [5.41, 5.74) is -2.83. The fourth-order valence-electron chi connectivity index (χ4n) is 4.69. The Hall–Kier alpha value is -4.31. The van der Waals surface area contributed by atoms with E-state index in [9.17, 15) is 48.4 Å². The molecule has 16 heteroatoms. The highest BCUT2D eigenvalue weighted by molar-refractivity contribution is 7.94. The van der Waals surface area contributed by atoms with Gasteiger partial charge < -0.3 is 10.2 Å². The fraction of sp³-hybridized carbons (Fsp3) is 0.154. The summed E-state index contributed by atoms with van der Waals surface area (Å²) in [4.78, 5) is 27.7. The third-order valence-corrected chi connectivity index (χ3v) is 8.55. The number of halogens is 5. The van der Waals surface area contributed by atoms with Crippen LogP contribution < -0.4 is 14.9 Å². The molecule has 42 heavy (non-hydrogen) atoms. The Morgan fingerprint density at radius 3 is 2.38 bits per heavy atom. The second-order valence-electron chi connectivity index (χ2n) is 9.52. The van der Waals surface area contributed by atoms with E-state index in [4.69, 9.17) is 0 Å². The van der Waals surface area contributed by atoms with Crippen LogP contribution in [0, 0.1) is 17.6 Å². The van der Waals surface area contributed by atoms with Crippen LogP contribution >= 0.6 is 0 Å². The van der Waals surface area contributed by atoms with Gasteiger partial charge >= 0.3 is 6.18 Å². The van der Waals surface area contributed by atoms with Crippen molar-refractivity contribution in [1.82, 2.24) is 0 Å². The number of rotatable bonds is 5. The van der Waals surface area contributed by atoms with Crippen molar-refractivity contribution in [2.75, 3.05) is 21.2 Å². The van der Waals surface area contributed by atoms with Crippen molar-refractivity contribution in [2.24, 2.45) is 5.92 Å². The Morgan fingerprint density at radius 2 is 1.71 bits per heavy atom. The number of sulfone groups is 1. The van der Waals surface area contributed by atoms with Crippen molar-refractivity contribution >= 4 is 48.6 Å². The number of nitrogens with zero attached hydrogens (tertiary/aromatic N) is 1. The molecular weight excluding hydrogens is 609 g/mol. The number of amides is 1. The summed E-state index contributed by atoms with van der Waals surface area (Å²) in [7, 11) is -8.13. The Morgan fingerprint density at radius 1 is 1.00 bits per heavy atom. The Balaban J connectivity index is 1.57. The number of ketones is 1. The quantitative estimate of drug-likeness (QED) is 0.316. The van der Waals surface area contributed by atoms with Gasteiger partial charge in [0.1, 0.15) is 17.6 Å². The van der Waals surface area contributed by atoms with E-state index < -0.39 is 73.1 Å². The lowest BCUT2D eigenvalue weighted by atomic mass is 9.87. The number of hydrogen-bond donors (Lipinski definition) is 2. The summed E-state index contributed by atoms with van der Waals surface area (Å²) in [5.74, 6) is -6.30. The lowest BCUT2D eigenvalue weighted by molar-refractivity contribution is -0.140. The molecule has 0 saturated carbocycles. The Labute approximate surface area is 235 Å². The van der Waals surface area contributed by atoms with Gasteiger partial charge in [0.15, 0.2) is 5.78 Å². The molecule has 5 rings (SSSR count). The average Bonchev–Trinajstić information content (AvgIpc) is 2.86. The van der Waals surface area contributed by atoms with Gasteiger partial charge in [-0.05, 0) is 54.1 Å². The second kappa shape index (κ2) is 9.90. The van der Waals surface area contributed by atoms with Gasteiger partial charge in [0.25, 0.3) is 0 Å². The Kier molecular flexibility index (Phi) is 6.88. The van der Waals surface area contributed by atoms with E-state index in [0.717, 1.165) is 41.5 Å². The molecule has 3 aromatic rings. The van der Waals surface area contributed by atoms with E-state index >= 15 is 0 Å². The van der Waals surface area contributed by atoms with Crippen LogP contribution in [0.2, 0.25) is 0 Å². The number of sulfonamides is 1. The van der Waals surface area contributed by atoms with Gasteiger partial charge in [0, 0.05) is 16.9 Å². The first-order valence-corrected chi connectivity index (χ1v) is 15.2. The van der Waals surface area contributed by atoms with Crippen molar-refractivity contribution in [1.29, 1.82) is 0 Å². The van der Waals surface area contributed by atoms with E-state index in [2.05, 4.69) is 10.0 Å². The number of nitrogens with one attached hydrogen (secondary N) is 2.